The number of rotatable bonds is 3. The van der Waals surface area contributed by atoms with Crippen LogP contribution in [0.25, 0.3) is 33.8 Å². The van der Waals surface area contributed by atoms with E-state index in [9.17, 15) is 5.26 Å². The van der Waals surface area contributed by atoms with Crippen molar-refractivity contribution >= 4 is 0 Å². The van der Waals surface area contributed by atoms with Crippen LogP contribution in [0.3, 0.4) is 0 Å². The van der Waals surface area contributed by atoms with Crippen LogP contribution >= 0.6 is 0 Å². The van der Waals surface area contributed by atoms with Gasteiger partial charge in [-0.3, -0.25) is 10.1 Å². The molecule has 0 saturated heterocycles. The summed E-state index contributed by atoms with van der Waals surface area (Å²) < 4.78 is 0. The van der Waals surface area contributed by atoms with Gasteiger partial charge in [0.05, 0.1) is 5.69 Å². The zero-order chi connectivity index (χ0) is 17.9. The molecule has 0 saturated carbocycles. The zero-order valence-electron chi connectivity index (χ0n) is 14.3. The van der Waals surface area contributed by atoms with Crippen LogP contribution in [-0.2, 0) is 0 Å². The Bertz CT molecular complexity index is 1090. The van der Waals surface area contributed by atoms with Crippen molar-refractivity contribution < 1.29 is 0 Å². The molecule has 0 aliphatic heterocycles. The molecule has 0 spiro atoms. The summed E-state index contributed by atoms with van der Waals surface area (Å²) in [5.41, 5.74) is 6.73. The van der Waals surface area contributed by atoms with Crippen molar-refractivity contribution in [3.05, 3.63) is 84.1 Å². The van der Waals surface area contributed by atoms with Crippen LogP contribution in [0, 0.1) is 18.3 Å². The molecule has 0 amide bonds. The van der Waals surface area contributed by atoms with E-state index in [1.54, 1.807) is 0 Å². The fraction of sp³-hybridized carbons (Fsp3) is 0.0455. The molecule has 26 heavy (non-hydrogen) atoms. The van der Waals surface area contributed by atoms with E-state index >= 15 is 0 Å². The Kier molecular flexibility index (Phi) is 4.04. The molecule has 1 N–H and O–H groups in total. The van der Waals surface area contributed by atoms with Crippen molar-refractivity contribution in [1.82, 2.24) is 15.2 Å². The molecule has 0 unspecified atom stereocenters. The second-order valence-corrected chi connectivity index (χ2v) is 6.05. The maximum Gasteiger partial charge on any atom is 0.111 e. The van der Waals surface area contributed by atoms with E-state index in [2.05, 4.69) is 33.4 Å². The highest BCUT2D eigenvalue weighted by molar-refractivity contribution is 5.77. The van der Waals surface area contributed by atoms with Gasteiger partial charge in [-0.15, -0.1) is 0 Å². The standard InChI is InChI=1S/C22H16N4/c1-15-12-20(24-14-19(15)16-8-4-2-5-9-16)22-18(13-23)21(25-26-22)17-10-6-3-7-11-17/h2-12,14H,1H3,(H,25,26). The highest BCUT2D eigenvalue weighted by Crippen LogP contribution is 2.31. The number of nitriles is 1. The number of pyridine rings is 1. The fourth-order valence-electron chi connectivity index (χ4n) is 3.05. The molecule has 0 bridgehead atoms. The number of aromatic nitrogens is 3. The van der Waals surface area contributed by atoms with Crippen molar-refractivity contribution in [2.75, 3.05) is 0 Å². The first kappa shape index (κ1) is 15.8. The maximum atomic E-state index is 9.67. The second kappa shape index (κ2) is 6.66. The third kappa shape index (κ3) is 2.76. The van der Waals surface area contributed by atoms with Gasteiger partial charge < -0.3 is 0 Å². The first-order valence-corrected chi connectivity index (χ1v) is 8.34. The highest BCUT2D eigenvalue weighted by Gasteiger charge is 2.17. The number of aromatic amines is 1. The van der Waals surface area contributed by atoms with Crippen LogP contribution in [0.2, 0.25) is 0 Å². The summed E-state index contributed by atoms with van der Waals surface area (Å²) in [6.45, 7) is 2.05. The number of nitrogens with zero attached hydrogens (tertiary/aromatic N) is 3. The maximum absolute atomic E-state index is 9.67. The molecule has 4 heteroatoms. The van der Waals surface area contributed by atoms with E-state index in [-0.39, 0.29) is 0 Å². The van der Waals surface area contributed by atoms with Gasteiger partial charge >= 0.3 is 0 Å². The van der Waals surface area contributed by atoms with Gasteiger partial charge in [-0.2, -0.15) is 10.4 Å². The fourth-order valence-corrected chi connectivity index (χ4v) is 3.05. The first-order valence-electron chi connectivity index (χ1n) is 8.34. The Balaban J connectivity index is 1.79. The molecule has 2 heterocycles. The number of hydrogen-bond donors (Lipinski definition) is 1. The summed E-state index contributed by atoms with van der Waals surface area (Å²) in [5, 5.41) is 17.0. The summed E-state index contributed by atoms with van der Waals surface area (Å²) in [5.74, 6) is 0. The molecule has 124 valence electrons. The van der Waals surface area contributed by atoms with Gasteiger partial charge in [0.1, 0.15) is 23.0 Å². The van der Waals surface area contributed by atoms with Gasteiger partial charge in [0.15, 0.2) is 0 Å². The molecule has 0 fully saturated rings. The first-order chi connectivity index (χ1) is 12.8. The van der Waals surface area contributed by atoms with E-state index in [1.165, 1.54) is 0 Å². The minimum absolute atomic E-state index is 0.510. The van der Waals surface area contributed by atoms with E-state index in [1.807, 2.05) is 67.7 Å². The van der Waals surface area contributed by atoms with Crippen LogP contribution in [0.1, 0.15) is 11.1 Å². The average molecular weight is 336 g/mol. The predicted octanol–water partition coefficient (Wildman–Crippen LogP) is 4.99. The molecule has 4 rings (SSSR count). The van der Waals surface area contributed by atoms with Crippen LogP contribution < -0.4 is 0 Å². The lowest BCUT2D eigenvalue weighted by Gasteiger charge is -2.07. The van der Waals surface area contributed by atoms with E-state index in [4.69, 9.17) is 0 Å². The third-order valence-electron chi connectivity index (χ3n) is 4.38. The lowest BCUT2D eigenvalue weighted by atomic mass is 10.0. The summed E-state index contributed by atoms with van der Waals surface area (Å²) in [7, 11) is 0. The lowest BCUT2D eigenvalue weighted by Crippen LogP contribution is -1.91. The number of H-pyrrole nitrogens is 1. The van der Waals surface area contributed by atoms with E-state index < -0.39 is 0 Å². The molecule has 0 aliphatic carbocycles. The molecular weight excluding hydrogens is 320 g/mol. The molecule has 2 aromatic carbocycles. The van der Waals surface area contributed by atoms with Crippen LogP contribution in [-0.4, -0.2) is 15.2 Å². The highest BCUT2D eigenvalue weighted by atomic mass is 15.1. The summed E-state index contributed by atoms with van der Waals surface area (Å²) >= 11 is 0. The second-order valence-electron chi connectivity index (χ2n) is 6.05. The quantitative estimate of drug-likeness (QED) is 0.573. The minimum Gasteiger partial charge on any atom is -0.274 e. The Hall–Kier alpha value is -3.71. The predicted molar refractivity (Wildman–Crippen MR) is 102 cm³/mol. The number of aryl methyl sites for hydroxylation is 1. The summed E-state index contributed by atoms with van der Waals surface area (Å²) in [6.07, 6.45) is 1.85. The van der Waals surface area contributed by atoms with Gasteiger partial charge in [0.2, 0.25) is 0 Å². The lowest BCUT2D eigenvalue weighted by molar-refractivity contribution is 1.09. The molecule has 4 aromatic rings. The minimum atomic E-state index is 0.510. The van der Waals surface area contributed by atoms with Gasteiger partial charge in [-0.25, -0.2) is 0 Å². The van der Waals surface area contributed by atoms with Crippen molar-refractivity contribution in [3.8, 4) is 39.8 Å². The van der Waals surface area contributed by atoms with Gasteiger partial charge in [0, 0.05) is 17.3 Å². The smallest absolute Gasteiger partial charge is 0.111 e. The largest absolute Gasteiger partial charge is 0.274 e. The average Bonchev–Trinajstić information content (AvgIpc) is 3.13. The molecule has 0 aliphatic rings. The van der Waals surface area contributed by atoms with Crippen molar-refractivity contribution in [1.29, 1.82) is 5.26 Å². The van der Waals surface area contributed by atoms with Crippen LogP contribution in [0.4, 0.5) is 0 Å². The summed E-state index contributed by atoms with van der Waals surface area (Å²) in [4.78, 5) is 4.58. The Morgan fingerprint density at radius 2 is 1.58 bits per heavy atom. The molecular formula is C22H16N4. The van der Waals surface area contributed by atoms with Crippen molar-refractivity contribution in [3.63, 3.8) is 0 Å². The molecule has 0 radical (unpaired) electrons. The van der Waals surface area contributed by atoms with Gasteiger partial charge in [-0.05, 0) is 24.1 Å². The monoisotopic (exact) mass is 336 g/mol. The SMILES string of the molecule is Cc1cc(-c2[nH]nc(-c3ccccc3)c2C#N)ncc1-c1ccccc1. The number of nitrogens with one attached hydrogen (secondary N) is 1. The third-order valence-corrected chi connectivity index (χ3v) is 4.38. The summed E-state index contributed by atoms with van der Waals surface area (Å²) in [6, 6.07) is 24.1. The van der Waals surface area contributed by atoms with Gasteiger partial charge in [0.25, 0.3) is 0 Å². The van der Waals surface area contributed by atoms with Crippen LogP contribution in [0.15, 0.2) is 72.9 Å². The van der Waals surface area contributed by atoms with Crippen molar-refractivity contribution in [2.24, 2.45) is 0 Å². The number of hydrogen-bond acceptors (Lipinski definition) is 3. The Morgan fingerprint density at radius 1 is 0.923 bits per heavy atom. The van der Waals surface area contributed by atoms with Crippen LogP contribution in [0.5, 0.6) is 0 Å². The number of benzene rings is 2. The molecule has 0 atom stereocenters. The van der Waals surface area contributed by atoms with E-state index in [0.717, 1.165) is 22.3 Å². The van der Waals surface area contributed by atoms with E-state index in [0.29, 0.717) is 22.6 Å². The topological polar surface area (TPSA) is 65.4 Å². The Labute approximate surface area is 151 Å². The Morgan fingerprint density at radius 3 is 2.19 bits per heavy atom. The normalized spacial score (nSPS) is 10.5. The molecule has 2 aromatic heterocycles. The zero-order valence-corrected chi connectivity index (χ0v) is 14.3. The van der Waals surface area contributed by atoms with Gasteiger partial charge in [-0.1, -0.05) is 60.7 Å². The van der Waals surface area contributed by atoms with Crippen molar-refractivity contribution in [2.45, 2.75) is 6.92 Å². The molecule has 4 nitrogen and oxygen atoms in total.